The number of nitrogens with zero attached hydrogens (tertiary/aromatic N) is 2. The van der Waals surface area contributed by atoms with E-state index in [-0.39, 0.29) is 24.8 Å². The highest BCUT2D eigenvalue weighted by atomic mass is 19.1. The predicted molar refractivity (Wildman–Crippen MR) is 85.0 cm³/mol. The van der Waals surface area contributed by atoms with Crippen molar-refractivity contribution < 1.29 is 9.18 Å². The summed E-state index contributed by atoms with van der Waals surface area (Å²) in [4.78, 5) is 20.5. The van der Waals surface area contributed by atoms with Crippen LogP contribution in [0.5, 0.6) is 0 Å². The third-order valence-electron chi connectivity index (χ3n) is 3.52. The van der Waals surface area contributed by atoms with Crippen molar-refractivity contribution in [3.63, 3.8) is 0 Å². The standard InChI is InChI=1S/C17H15FN4O/c18-14-7-11(9-19)1-2-13(14)10-22-17(23)12-3-4-15-16(8-12)21-6-5-20-15/h1-8H,9-10,19H2,(H,22,23). The topological polar surface area (TPSA) is 80.9 Å². The van der Waals surface area contributed by atoms with Crippen molar-refractivity contribution in [1.29, 1.82) is 0 Å². The lowest BCUT2D eigenvalue weighted by Gasteiger charge is -2.08. The van der Waals surface area contributed by atoms with E-state index in [4.69, 9.17) is 5.73 Å². The fourth-order valence-corrected chi connectivity index (χ4v) is 2.24. The van der Waals surface area contributed by atoms with E-state index in [1.807, 2.05) is 0 Å². The molecule has 0 aliphatic rings. The molecule has 3 N–H and O–H groups in total. The first kappa shape index (κ1) is 15.1. The molecule has 5 nitrogen and oxygen atoms in total. The molecule has 0 atom stereocenters. The summed E-state index contributed by atoms with van der Waals surface area (Å²) in [7, 11) is 0. The Morgan fingerprint density at radius 3 is 2.61 bits per heavy atom. The first-order chi connectivity index (χ1) is 11.2. The SMILES string of the molecule is NCc1ccc(CNC(=O)c2ccc3nccnc3c2)c(F)c1. The van der Waals surface area contributed by atoms with E-state index in [0.717, 1.165) is 0 Å². The van der Waals surface area contributed by atoms with Gasteiger partial charge in [0.15, 0.2) is 0 Å². The lowest BCUT2D eigenvalue weighted by atomic mass is 10.1. The van der Waals surface area contributed by atoms with E-state index in [2.05, 4.69) is 15.3 Å². The summed E-state index contributed by atoms with van der Waals surface area (Å²) in [6, 6.07) is 9.81. The molecule has 1 amide bonds. The monoisotopic (exact) mass is 310 g/mol. The Morgan fingerprint density at radius 2 is 1.87 bits per heavy atom. The van der Waals surface area contributed by atoms with E-state index in [1.54, 1.807) is 42.7 Å². The van der Waals surface area contributed by atoms with Crippen molar-refractivity contribution in [3.8, 4) is 0 Å². The predicted octanol–water partition coefficient (Wildman–Crippen LogP) is 2.16. The van der Waals surface area contributed by atoms with Crippen molar-refractivity contribution >= 4 is 16.9 Å². The Kier molecular flexibility index (Phi) is 4.25. The van der Waals surface area contributed by atoms with Gasteiger partial charge in [-0.2, -0.15) is 0 Å². The molecule has 2 aromatic carbocycles. The van der Waals surface area contributed by atoms with Gasteiger partial charge in [0.1, 0.15) is 5.82 Å². The lowest BCUT2D eigenvalue weighted by molar-refractivity contribution is 0.0950. The average molecular weight is 310 g/mol. The Balaban J connectivity index is 1.73. The number of benzene rings is 2. The van der Waals surface area contributed by atoms with E-state index < -0.39 is 0 Å². The van der Waals surface area contributed by atoms with Gasteiger partial charge in [0.05, 0.1) is 11.0 Å². The van der Waals surface area contributed by atoms with E-state index in [9.17, 15) is 9.18 Å². The third-order valence-corrected chi connectivity index (χ3v) is 3.52. The lowest BCUT2D eigenvalue weighted by Crippen LogP contribution is -2.23. The fourth-order valence-electron chi connectivity index (χ4n) is 2.24. The molecular weight excluding hydrogens is 295 g/mol. The van der Waals surface area contributed by atoms with Gasteiger partial charge < -0.3 is 11.1 Å². The van der Waals surface area contributed by atoms with Crippen LogP contribution < -0.4 is 11.1 Å². The van der Waals surface area contributed by atoms with Crippen LogP contribution in [0.2, 0.25) is 0 Å². The molecule has 0 aliphatic carbocycles. The minimum absolute atomic E-state index is 0.105. The zero-order valence-electron chi connectivity index (χ0n) is 12.3. The van der Waals surface area contributed by atoms with E-state index >= 15 is 0 Å². The number of rotatable bonds is 4. The van der Waals surface area contributed by atoms with Gasteiger partial charge >= 0.3 is 0 Å². The van der Waals surface area contributed by atoms with Gasteiger partial charge in [-0.05, 0) is 29.8 Å². The molecule has 0 bridgehead atoms. The number of aromatic nitrogens is 2. The number of nitrogens with two attached hydrogens (primary N) is 1. The molecule has 0 spiro atoms. The van der Waals surface area contributed by atoms with Crippen LogP contribution in [-0.4, -0.2) is 15.9 Å². The summed E-state index contributed by atoms with van der Waals surface area (Å²) < 4.78 is 13.9. The highest BCUT2D eigenvalue weighted by Crippen LogP contribution is 2.12. The second-order valence-electron chi connectivity index (χ2n) is 5.07. The van der Waals surface area contributed by atoms with Crippen LogP contribution in [0.15, 0.2) is 48.8 Å². The fraction of sp³-hybridized carbons (Fsp3) is 0.118. The molecule has 116 valence electrons. The summed E-state index contributed by atoms with van der Waals surface area (Å²) >= 11 is 0. The Hall–Kier alpha value is -2.86. The Morgan fingerprint density at radius 1 is 1.09 bits per heavy atom. The first-order valence-electron chi connectivity index (χ1n) is 7.14. The Bertz CT molecular complexity index is 866. The minimum Gasteiger partial charge on any atom is -0.348 e. The summed E-state index contributed by atoms with van der Waals surface area (Å²) in [6.45, 7) is 0.385. The van der Waals surface area contributed by atoms with Gasteiger partial charge in [-0.25, -0.2) is 4.39 Å². The molecular formula is C17H15FN4O. The molecule has 0 unspecified atom stereocenters. The third kappa shape index (κ3) is 3.32. The summed E-state index contributed by atoms with van der Waals surface area (Å²) in [5.41, 5.74) is 8.40. The molecule has 6 heteroatoms. The zero-order valence-corrected chi connectivity index (χ0v) is 12.3. The number of nitrogens with one attached hydrogen (secondary N) is 1. The largest absolute Gasteiger partial charge is 0.348 e. The van der Waals surface area contributed by atoms with Gasteiger partial charge in [0, 0.05) is 36.6 Å². The van der Waals surface area contributed by atoms with Gasteiger partial charge in [-0.15, -0.1) is 0 Å². The maximum absolute atomic E-state index is 13.9. The van der Waals surface area contributed by atoms with Crippen molar-refractivity contribution in [3.05, 3.63) is 71.3 Å². The number of fused-ring (bicyclic) bond motifs is 1. The molecule has 0 fully saturated rings. The first-order valence-corrected chi connectivity index (χ1v) is 7.14. The maximum atomic E-state index is 13.9. The van der Waals surface area contributed by atoms with Crippen LogP contribution in [0.1, 0.15) is 21.5 Å². The van der Waals surface area contributed by atoms with Crippen molar-refractivity contribution in [2.45, 2.75) is 13.1 Å². The molecule has 1 aromatic heterocycles. The number of amides is 1. The Labute approximate surface area is 132 Å². The normalized spacial score (nSPS) is 10.7. The number of carbonyl (C=O) groups excluding carboxylic acids is 1. The number of hydrogen-bond acceptors (Lipinski definition) is 4. The smallest absolute Gasteiger partial charge is 0.251 e. The van der Waals surface area contributed by atoms with Gasteiger partial charge in [0.25, 0.3) is 5.91 Å². The second kappa shape index (κ2) is 6.50. The molecule has 0 saturated heterocycles. The number of halogens is 1. The van der Waals surface area contributed by atoms with E-state index in [1.165, 1.54) is 6.07 Å². The van der Waals surface area contributed by atoms with Crippen LogP contribution in [0, 0.1) is 5.82 Å². The van der Waals surface area contributed by atoms with Crippen LogP contribution in [0.3, 0.4) is 0 Å². The summed E-state index contributed by atoms with van der Waals surface area (Å²) in [5.74, 6) is -0.669. The second-order valence-corrected chi connectivity index (χ2v) is 5.07. The summed E-state index contributed by atoms with van der Waals surface area (Å²) in [6.07, 6.45) is 3.16. The molecule has 0 radical (unpaired) electrons. The molecule has 3 rings (SSSR count). The number of carbonyl (C=O) groups is 1. The molecule has 0 aliphatic heterocycles. The molecule has 3 aromatic rings. The minimum atomic E-state index is -0.377. The highest BCUT2D eigenvalue weighted by molar-refractivity contribution is 5.97. The molecule has 1 heterocycles. The number of hydrogen-bond donors (Lipinski definition) is 2. The average Bonchev–Trinajstić information content (AvgIpc) is 2.59. The molecule has 0 saturated carbocycles. The van der Waals surface area contributed by atoms with Crippen LogP contribution in [0.4, 0.5) is 4.39 Å². The van der Waals surface area contributed by atoms with Gasteiger partial charge in [-0.1, -0.05) is 12.1 Å². The van der Waals surface area contributed by atoms with Gasteiger partial charge in [-0.3, -0.25) is 14.8 Å². The van der Waals surface area contributed by atoms with Crippen LogP contribution in [-0.2, 0) is 13.1 Å². The van der Waals surface area contributed by atoms with Crippen molar-refractivity contribution in [1.82, 2.24) is 15.3 Å². The quantitative estimate of drug-likeness (QED) is 0.774. The van der Waals surface area contributed by atoms with Crippen molar-refractivity contribution in [2.24, 2.45) is 5.73 Å². The van der Waals surface area contributed by atoms with Gasteiger partial charge in [0.2, 0.25) is 0 Å². The zero-order chi connectivity index (χ0) is 16.2. The summed E-state index contributed by atoms with van der Waals surface area (Å²) in [5, 5.41) is 2.70. The highest BCUT2D eigenvalue weighted by Gasteiger charge is 2.09. The molecule has 23 heavy (non-hydrogen) atoms. The van der Waals surface area contributed by atoms with E-state index in [0.29, 0.717) is 27.7 Å². The maximum Gasteiger partial charge on any atom is 0.251 e. The van der Waals surface area contributed by atoms with Crippen LogP contribution in [0.25, 0.3) is 11.0 Å². The van der Waals surface area contributed by atoms with Crippen molar-refractivity contribution in [2.75, 3.05) is 0 Å². The van der Waals surface area contributed by atoms with Crippen LogP contribution >= 0.6 is 0 Å².